The van der Waals surface area contributed by atoms with Crippen molar-refractivity contribution in [3.63, 3.8) is 0 Å². The van der Waals surface area contributed by atoms with Crippen molar-refractivity contribution in [3.05, 3.63) is 94.8 Å². The Kier molecular flexibility index (Phi) is 5.14. The molecule has 1 aromatic heterocycles. The summed E-state index contributed by atoms with van der Waals surface area (Å²) >= 11 is 6.06. The highest BCUT2D eigenvalue weighted by atomic mass is 35.5. The summed E-state index contributed by atoms with van der Waals surface area (Å²) in [6.07, 6.45) is 0. The van der Waals surface area contributed by atoms with Crippen LogP contribution in [0.15, 0.2) is 72.8 Å². The minimum absolute atomic E-state index is 0.0877. The number of hydrogen-bond acceptors (Lipinski definition) is 3. The Bertz CT molecular complexity index is 1180. The molecule has 0 spiro atoms. The van der Waals surface area contributed by atoms with Crippen LogP contribution in [0, 0.1) is 13.8 Å². The van der Waals surface area contributed by atoms with E-state index in [9.17, 15) is 4.79 Å². The van der Waals surface area contributed by atoms with Crippen molar-refractivity contribution < 1.29 is 4.79 Å². The first-order chi connectivity index (χ1) is 14.0. The second-order valence-corrected chi connectivity index (χ2v) is 7.23. The minimum Gasteiger partial charge on any atom is -0.319 e. The summed E-state index contributed by atoms with van der Waals surface area (Å²) in [6, 6.07) is 22.9. The highest BCUT2D eigenvalue weighted by Crippen LogP contribution is 2.24. The third-order valence-electron chi connectivity index (χ3n) is 4.54. The van der Waals surface area contributed by atoms with Crippen LogP contribution in [0.3, 0.4) is 0 Å². The molecule has 1 amide bonds. The van der Waals surface area contributed by atoms with Gasteiger partial charge in [0.05, 0.1) is 5.69 Å². The smallest absolute Gasteiger partial charge is 0.295 e. The third-order valence-corrected chi connectivity index (χ3v) is 4.77. The molecule has 0 aliphatic carbocycles. The van der Waals surface area contributed by atoms with Crippen molar-refractivity contribution in [1.82, 2.24) is 14.8 Å². The van der Waals surface area contributed by atoms with E-state index in [0.717, 1.165) is 22.4 Å². The molecule has 0 radical (unpaired) electrons. The highest BCUT2D eigenvalue weighted by molar-refractivity contribution is 6.31. The van der Waals surface area contributed by atoms with Crippen LogP contribution in [0.25, 0.3) is 17.1 Å². The molecule has 0 bridgehead atoms. The number of aromatic nitrogens is 3. The standard InChI is InChI=1S/C23H19ClN4O/c1-15-7-6-8-17(13-15)22-26-21(27-28(22)19-9-4-3-5-10-19)23(29)25-20-14-18(24)12-11-16(20)2/h3-14H,1-2H3,(H,25,29). The predicted molar refractivity (Wildman–Crippen MR) is 116 cm³/mol. The molecule has 0 saturated heterocycles. The quantitative estimate of drug-likeness (QED) is 0.493. The van der Waals surface area contributed by atoms with Gasteiger partial charge in [-0.15, -0.1) is 5.10 Å². The summed E-state index contributed by atoms with van der Waals surface area (Å²) in [7, 11) is 0. The Morgan fingerprint density at radius 3 is 2.52 bits per heavy atom. The minimum atomic E-state index is -0.390. The third kappa shape index (κ3) is 4.05. The van der Waals surface area contributed by atoms with Gasteiger partial charge in [-0.25, -0.2) is 9.67 Å². The van der Waals surface area contributed by atoms with E-state index in [-0.39, 0.29) is 11.7 Å². The van der Waals surface area contributed by atoms with Crippen LogP contribution in [-0.4, -0.2) is 20.7 Å². The summed E-state index contributed by atoms with van der Waals surface area (Å²) in [5.74, 6) is 0.302. The number of halogens is 1. The summed E-state index contributed by atoms with van der Waals surface area (Å²) in [5.41, 5.74) is 4.36. The maximum absolute atomic E-state index is 12.9. The molecule has 0 aliphatic heterocycles. The molecule has 4 rings (SSSR count). The number of benzene rings is 3. The van der Waals surface area contributed by atoms with Crippen molar-refractivity contribution in [2.45, 2.75) is 13.8 Å². The predicted octanol–water partition coefficient (Wildman–Crippen LogP) is 5.46. The number of carbonyl (C=O) groups is 1. The Morgan fingerprint density at radius 2 is 1.76 bits per heavy atom. The summed E-state index contributed by atoms with van der Waals surface area (Å²) in [5, 5.41) is 7.91. The monoisotopic (exact) mass is 402 g/mol. The van der Waals surface area contributed by atoms with Crippen LogP contribution in [0.2, 0.25) is 5.02 Å². The molecule has 0 unspecified atom stereocenters. The number of amides is 1. The van der Waals surface area contributed by atoms with Crippen molar-refractivity contribution in [2.24, 2.45) is 0 Å². The van der Waals surface area contributed by atoms with Gasteiger partial charge in [-0.3, -0.25) is 4.79 Å². The lowest BCUT2D eigenvalue weighted by Gasteiger charge is -2.06. The van der Waals surface area contributed by atoms with E-state index in [0.29, 0.717) is 16.5 Å². The number of anilines is 1. The first-order valence-corrected chi connectivity index (χ1v) is 9.56. The number of para-hydroxylation sites is 1. The first kappa shape index (κ1) is 18.9. The van der Waals surface area contributed by atoms with E-state index in [4.69, 9.17) is 11.6 Å². The van der Waals surface area contributed by atoms with Crippen LogP contribution in [0.5, 0.6) is 0 Å². The maximum atomic E-state index is 12.9. The molecular weight excluding hydrogens is 384 g/mol. The first-order valence-electron chi connectivity index (χ1n) is 9.18. The number of hydrogen-bond donors (Lipinski definition) is 1. The normalized spacial score (nSPS) is 10.7. The Balaban J connectivity index is 1.77. The molecule has 0 saturated carbocycles. The van der Waals surface area contributed by atoms with Crippen LogP contribution in [0.4, 0.5) is 5.69 Å². The number of carbonyl (C=O) groups excluding carboxylic acids is 1. The Morgan fingerprint density at radius 1 is 0.966 bits per heavy atom. The Hall–Kier alpha value is -3.44. The molecule has 0 aliphatic rings. The van der Waals surface area contributed by atoms with Gasteiger partial charge in [-0.1, -0.05) is 59.6 Å². The van der Waals surface area contributed by atoms with Crippen LogP contribution < -0.4 is 5.32 Å². The molecule has 0 fully saturated rings. The lowest BCUT2D eigenvalue weighted by molar-refractivity contribution is 0.101. The van der Waals surface area contributed by atoms with E-state index in [1.54, 1.807) is 16.8 Å². The van der Waals surface area contributed by atoms with Crippen molar-refractivity contribution in [1.29, 1.82) is 0 Å². The van der Waals surface area contributed by atoms with Crippen LogP contribution in [0.1, 0.15) is 21.7 Å². The van der Waals surface area contributed by atoms with Crippen molar-refractivity contribution >= 4 is 23.2 Å². The van der Waals surface area contributed by atoms with E-state index in [1.165, 1.54) is 0 Å². The second kappa shape index (κ2) is 7.89. The number of nitrogens with one attached hydrogen (secondary N) is 1. The zero-order chi connectivity index (χ0) is 20.4. The van der Waals surface area contributed by atoms with E-state index in [1.807, 2.05) is 74.5 Å². The van der Waals surface area contributed by atoms with Crippen LogP contribution in [-0.2, 0) is 0 Å². The van der Waals surface area contributed by atoms with Gasteiger partial charge in [0, 0.05) is 16.3 Å². The number of rotatable bonds is 4. The van der Waals surface area contributed by atoms with Gasteiger partial charge in [0.1, 0.15) is 0 Å². The Labute approximate surface area is 174 Å². The average molecular weight is 403 g/mol. The van der Waals surface area contributed by atoms with Gasteiger partial charge in [0.2, 0.25) is 5.82 Å². The van der Waals surface area contributed by atoms with E-state index in [2.05, 4.69) is 15.4 Å². The summed E-state index contributed by atoms with van der Waals surface area (Å²) in [6.45, 7) is 3.92. The average Bonchev–Trinajstić information content (AvgIpc) is 3.17. The lowest BCUT2D eigenvalue weighted by atomic mass is 10.1. The molecule has 4 aromatic rings. The van der Waals surface area contributed by atoms with Gasteiger partial charge in [0.25, 0.3) is 5.91 Å². The maximum Gasteiger partial charge on any atom is 0.295 e. The fraction of sp³-hybridized carbons (Fsp3) is 0.0870. The second-order valence-electron chi connectivity index (χ2n) is 6.79. The molecule has 1 heterocycles. The highest BCUT2D eigenvalue weighted by Gasteiger charge is 2.19. The zero-order valence-corrected chi connectivity index (χ0v) is 16.8. The van der Waals surface area contributed by atoms with Gasteiger partial charge >= 0.3 is 0 Å². The van der Waals surface area contributed by atoms with Crippen LogP contribution >= 0.6 is 11.6 Å². The largest absolute Gasteiger partial charge is 0.319 e. The van der Waals surface area contributed by atoms with E-state index >= 15 is 0 Å². The molecule has 3 aromatic carbocycles. The summed E-state index contributed by atoms with van der Waals surface area (Å²) < 4.78 is 1.69. The molecule has 1 N–H and O–H groups in total. The fourth-order valence-electron chi connectivity index (χ4n) is 3.04. The molecule has 29 heavy (non-hydrogen) atoms. The van der Waals surface area contributed by atoms with Gasteiger partial charge in [0.15, 0.2) is 5.82 Å². The molecule has 5 nitrogen and oxygen atoms in total. The van der Waals surface area contributed by atoms with Crippen molar-refractivity contribution in [2.75, 3.05) is 5.32 Å². The molecule has 0 atom stereocenters. The molecular formula is C23H19ClN4O. The lowest BCUT2D eigenvalue weighted by Crippen LogP contribution is -2.15. The fourth-order valence-corrected chi connectivity index (χ4v) is 3.21. The molecule has 6 heteroatoms. The number of nitrogens with zero attached hydrogens (tertiary/aromatic N) is 3. The molecule has 144 valence electrons. The number of aryl methyl sites for hydroxylation is 2. The SMILES string of the molecule is Cc1cccc(-c2nc(C(=O)Nc3cc(Cl)ccc3C)nn2-c2ccccc2)c1. The summed E-state index contributed by atoms with van der Waals surface area (Å²) in [4.78, 5) is 17.4. The van der Waals surface area contributed by atoms with Gasteiger partial charge in [-0.05, 0) is 49.7 Å². The van der Waals surface area contributed by atoms with E-state index < -0.39 is 0 Å². The van der Waals surface area contributed by atoms with Crippen molar-refractivity contribution in [3.8, 4) is 17.1 Å². The topological polar surface area (TPSA) is 59.8 Å². The van der Waals surface area contributed by atoms with Gasteiger partial charge in [-0.2, -0.15) is 0 Å². The zero-order valence-electron chi connectivity index (χ0n) is 16.1. The van der Waals surface area contributed by atoms with Gasteiger partial charge < -0.3 is 5.32 Å².